The molecule has 0 aromatic carbocycles. The van der Waals surface area contributed by atoms with Crippen molar-refractivity contribution < 1.29 is 9.53 Å². The standard InChI is InChI=1S/C19H29N5O2/c1-15-13-17(21-19(20-15)24-6-3-2-4-7-24)22-8-10-23(11-9-22)18(25)16-5-12-26-14-16/h13,16H,2-12,14H2,1H3. The maximum absolute atomic E-state index is 12.6. The number of carbonyl (C=O) groups excluding carboxylic acids is 1. The van der Waals surface area contributed by atoms with Gasteiger partial charge in [-0.3, -0.25) is 4.79 Å². The molecule has 1 aromatic rings. The van der Waals surface area contributed by atoms with Gasteiger partial charge in [-0.2, -0.15) is 4.98 Å². The second-order valence-electron chi connectivity index (χ2n) is 7.59. The van der Waals surface area contributed by atoms with Crippen LogP contribution >= 0.6 is 0 Å². The number of hydrogen-bond acceptors (Lipinski definition) is 6. The van der Waals surface area contributed by atoms with E-state index in [1.54, 1.807) is 0 Å². The van der Waals surface area contributed by atoms with Crippen LogP contribution in [0.25, 0.3) is 0 Å². The van der Waals surface area contributed by atoms with Crippen LogP contribution in [0.3, 0.4) is 0 Å². The molecule has 26 heavy (non-hydrogen) atoms. The third kappa shape index (κ3) is 3.77. The molecule has 142 valence electrons. The molecule has 3 aliphatic rings. The minimum Gasteiger partial charge on any atom is -0.381 e. The Hall–Kier alpha value is -1.89. The third-order valence-electron chi connectivity index (χ3n) is 5.66. The van der Waals surface area contributed by atoms with Crippen molar-refractivity contribution in [1.29, 1.82) is 0 Å². The molecule has 0 aliphatic carbocycles. The van der Waals surface area contributed by atoms with Gasteiger partial charge in [0.05, 0.1) is 12.5 Å². The monoisotopic (exact) mass is 359 g/mol. The van der Waals surface area contributed by atoms with Gasteiger partial charge in [0.1, 0.15) is 5.82 Å². The highest BCUT2D eigenvalue weighted by atomic mass is 16.5. The van der Waals surface area contributed by atoms with E-state index in [9.17, 15) is 4.79 Å². The first kappa shape index (κ1) is 17.5. The minimum absolute atomic E-state index is 0.0635. The van der Waals surface area contributed by atoms with Crippen molar-refractivity contribution in [3.8, 4) is 0 Å². The van der Waals surface area contributed by atoms with Crippen LogP contribution in [0.5, 0.6) is 0 Å². The molecule has 0 radical (unpaired) electrons. The van der Waals surface area contributed by atoms with E-state index in [1.807, 2.05) is 11.8 Å². The summed E-state index contributed by atoms with van der Waals surface area (Å²) in [5.41, 5.74) is 1.01. The minimum atomic E-state index is 0.0635. The zero-order chi connectivity index (χ0) is 17.9. The molecule has 0 N–H and O–H groups in total. The Morgan fingerprint density at radius 1 is 1.04 bits per heavy atom. The lowest BCUT2D eigenvalue weighted by Crippen LogP contribution is -2.50. The van der Waals surface area contributed by atoms with Crippen molar-refractivity contribution in [1.82, 2.24) is 14.9 Å². The van der Waals surface area contributed by atoms with Crippen molar-refractivity contribution in [2.24, 2.45) is 5.92 Å². The van der Waals surface area contributed by atoms with E-state index in [-0.39, 0.29) is 11.8 Å². The van der Waals surface area contributed by atoms with Gasteiger partial charge >= 0.3 is 0 Å². The second kappa shape index (κ2) is 7.78. The summed E-state index contributed by atoms with van der Waals surface area (Å²) in [6.45, 7) is 8.63. The van der Waals surface area contributed by atoms with Gasteiger partial charge in [0.2, 0.25) is 11.9 Å². The lowest BCUT2D eigenvalue weighted by Gasteiger charge is -2.37. The van der Waals surface area contributed by atoms with Crippen LogP contribution in [-0.2, 0) is 9.53 Å². The van der Waals surface area contributed by atoms with Crippen LogP contribution in [0.2, 0.25) is 0 Å². The zero-order valence-corrected chi connectivity index (χ0v) is 15.7. The first-order chi connectivity index (χ1) is 12.7. The van der Waals surface area contributed by atoms with E-state index in [1.165, 1.54) is 19.3 Å². The summed E-state index contributed by atoms with van der Waals surface area (Å²) in [5.74, 6) is 2.18. The number of piperazine rings is 1. The maximum atomic E-state index is 12.6. The number of carbonyl (C=O) groups is 1. The molecule has 4 rings (SSSR count). The van der Waals surface area contributed by atoms with Crippen molar-refractivity contribution in [2.45, 2.75) is 32.6 Å². The summed E-state index contributed by atoms with van der Waals surface area (Å²) in [6.07, 6.45) is 4.61. The van der Waals surface area contributed by atoms with E-state index in [0.717, 1.165) is 69.8 Å². The van der Waals surface area contributed by atoms with E-state index in [4.69, 9.17) is 9.72 Å². The summed E-state index contributed by atoms with van der Waals surface area (Å²) in [4.78, 5) is 28.6. The average molecular weight is 359 g/mol. The van der Waals surface area contributed by atoms with Crippen LogP contribution in [0.15, 0.2) is 6.07 Å². The smallest absolute Gasteiger partial charge is 0.228 e. The van der Waals surface area contributed by atoms with E-state index >= 15 is 0 Å². The Kier molecular flexibility index (Phi) is 5.24. The van der Waals surface area contributed by atoms with Crippen LogP contribution < -0.4 is 9.80 Å². The summed E-state index contributed by atoms with van der Waals surface area (Å²) in [6, 6.07) is 2.07. The molecule has 0 spiro atoms. The quantitative estimate of drug-likeness (QED) is 0.814. The largest absolute Gasteiger partial charge is 0.381 e. The van der Waals surface area contributed by atoms with Crippen LogP contribution in [-0.4, -0.2) is 73.3 Å². The van der Waals surface area contributed by atoms with Gasteiger partial charge in [0.15, 0.2) is 0 Å². The SMILES string of the molecule is Cc1cc(N2CCN(C(=O)C3CCOC3)CC2)nc(N2CCCCC2)n1. The lowest BCUT2D eigenvalue weighted by molar-refractivity contribution is -0.135. The van der Waals surface area contributed by atoms with E-state index in [2.05, 4.69) is 20.9 Å². The topological polar surface area (TPSA) is 61.8 Å². The summed E-state index contributed by atoms with van der Waals surface area (Å²) in [5, 5.41) is 0. The Labute approximate surface area is 155 Å². The zero-order valence-electron chi connectivity index (χ0n) is 15.7. The first-order valence-electron chi connectivity index (χ1n) is 9.93. The number of anilines is 2. The summed E-state index contributed by atoms with van der Waals surface area (Å²) >= 11 is 0. The number of amides is 1. The van der Waals surface area contributed by atoms with Crippen molar-refractivity contribution >= 4 is 17.7 Å². The highest BCUT2D eigenvalue weighted by Crippen LogP contribution is 2.23. The number of aromatic nitrogens is 2. The van der Waals surface area contributed by atoms with Gasteiger partial charge in [0, 0.05) is 57.6 Å². The van der Waals surface area contributed by atoms with Gasteiger partial charge in [-0.25, -0.2) is 4.98 Å². The normalized spacial score (nSPS) is 24.2. The van der Waals surface area contributed by atoms with Crippen molar-refractivity contribution in [2.75, 3.05) is 62.3 Å². The average Bonchev–Trinajstić information content (AvgIpc) is 3.22. The molecule has 1 atom stereocenters. The number of rotatable bonds is 3. The number of aryl methyl sites for hydroxylation is 1. The number of piperidine rings is 1. The predicted octanol–water partition coefficient (Wildman–Crippen LogP) is 1.46. The second-order valence-corrected chi connectivity index (χ2v) is 7.59. The molecular weight excluding hydrogens is 330 g/mol. The molecule has 3 fully saturated rings. The fourth-order valence-electron chi connectivity index (χ4n) is 4.08. The molecule has 1 amide bonds. The molecule has 3 aliphatic heterocycles. The molecule has 1 unspecified atom stereocenters. The van der Waals surface area contributed by atoms with E-state index in [0.29, 0.717) is 6.61 Å². The lowest BCUT2D eigenvalue weighted by atomic mass is 10.1. The number of nitrogens with zero attached hydrogens (tertiary/aromatic N) is 5. The van der Waals surface area contributed by atoms with Crippen LogP contribution in [0.4, 0.5) is 11.8 Å². The van der Waals surface area contributed by atoms with Crippen molar-refractivity contribution in [3.05, 3.63) is 11.8 Å². The van der Waals surface area contributed by atoms with Gasteiger partial charge in [0.25, 0.3) is 0 Å². The Morgan fingerprint density at radius 2 is 1.81 bits per heavy atom. The number of ether oxygens (including phenoxy) is 1. The molecule has 7 heteroatoms. The molecule has 0 saturated carbocycles. The molecule has 7 nitrogen and oxygen atoms in total. The molecular formula is C19H29N5O2. The van der Waals surface area contributed by atoms with Gasteiger partial charge in [-0.05, 0) is 32.6 Å². The van der Waals surface area contributed by atoms with E-state index < -0.39 is 0 Å². The Morgan fingerprint density at radius 3 is 2.50 bits per heavy atom. The number of hydrogen-bond donors (Lipinski definition) is 0. The maximum Gasteiger partial charge on any atom is 0.228 e. The molecule has 1 aromatic heterocycles. The predicted molar refractivity (Wildman–Crippen MR) is 101 cm³/mol. The Bertz CT molecular complexity index is 633. The fourth-order valence-corrected chi connectivity index (χ4v) is 4.08. The summed E-state index contributed by atoms with van der Waals surface area (Å²) in [7, 11) is 0. The highest BCUT2D eigenvalue weighted by molar-refractivity contribution is 5.79. The summed E-state index contributed by atoms with van der Waals surface area (Å²) < 4.78 is 5.36. The first-order valence-corrected chi connectivity index (χ1v) is 9.93. The third-order valence-corrected chi connectivity index (χ3v) is 5.66. The van der Waals surface area contributed by atoms with Crippen LogP contribution in [0, 0.1) is 12.8 Å². The van der Waals surface area contributed by atoms with Crippen molar-refractivity contribution in [3.63, 3.8) is 0 Å². The molecule has 4 heterocycles. The van der Waals surface area contributed by atoms with Gasteiger partial charge in [-0.1, -0.05) is 0 Å². The Balaban J connectivity index is 1.40. The molecule has 3 saturated heterocycles. The molecule has 0 bridgehead atoms. The highest BCUT2D eigenvalue weighted by Gasteiger charge is 2.30. The fraction of sp³-hybridized carbons (Fsp3) is 0.737. The van der Waals surface area contributed by atoms with Gasteiger partial charge < -0.3 is 19.4 Å². The van der Waals surface area contributed by atoms with Crippen LogP contribution in [0.1, 0.15) is 31.4 Å². The van der Waals surface area contributed by atoms with Gasteiger partial charge in [-0.15, -0.1) is 0 Å².